The van der Waals surface area contributed by atoms with E-state index in [-0.39, 0.29) is 24.5 Å². The van der Waals surface area contributed by atoms with E-state index in [2.05, 4.69) is 4.74 Å². The van der Waals surface area contributed by atoms with Crippen LogP contribution in [0.3, 0.4) is 0 Å². The van der Waals surface area contributed by atoms with Gasteiger partial charge in [-0.2, -0.15) is 8.42 Å². The fraction of sp³-hybridized carbons (Fsp3) is 0.467. The zero-order valence-corrected chi connectivity index (χ0v) is 15.5. The van der Waals surface area contributed by atoms with Crippen molar-refractivity contribution < 1.29 is 40.8 Å². The van der Waals surface area contributed by atoms with Gasteiger partial charge < -0.3 is 9.47 Å². The Morgan fingerprint density at radius 2 is 1.71 bits per heavy atom. The maximum Gasteiger partial charge on any atom is 0.344 e. The molecule has 0 aliphatic rings. The summed E-state index contributed by atoms with van der Waals surface area (Å²) in [4.78, 5) is 23.7. The smallest absolute Gasteiger partial charge is 0.344 e. The van der Waals surface area contributed by atoms with Crippen molar-refractivity contribution in [2.75, 3.05) is 19.0 Å². The zero-order valence-electron chi connectivity index (χ0n) is 14.7. The maximum absolute atomic E-state index is 13.2. The molecule has 1 N–H and O–H groups in total. The molecule has 0 amide bonds. The molecule has 0 fully saturated rings. The first kappa shape index (κ1) is 24.2. The number of alkyl halides is 2. The summed E-state index contributed by atoms with van der Waals surface area (Å²) in [6.07, 6.45) is 0.128. The van der Waals surface area contributed by atoms with E-state index in [9.17, 15) is 26.8 Å². The molecule has 0 heterocycles. The summed E-state index contributed by atoms with van der Waals surface area (Å²) in [5.74, 6) is -8.23. The number of benzene rings is 1. The molecule has 7 nitrogen and oxygen atoms in total. The molecule has 0 aliphatic carbocycles. The van der Waals surface area contributed by atoms with E-state index in [0.717, 1.165) is 0 Å². The SMILES string of the molecule is [B]Cc1cc(C[B])c(C[B])c(C(=O)OCC(=O)OCC(F)(F)CS(=O)(=O)O)c1. The fourth-order valence-electron chi connectivity index (χ4n) is 2.26. The number of rotatable bonds is 10. The Morgan fingerprint density at radius 1 is 1.07 bits per heavy atom. The predicted octanol–water partition coefficient (Wildman–Crippen LogP) is -0.0848. The monoisotopic (exact) mass is 410 g/mol. The number of hydrogen-bond donors (Lipinski definition) is 1. The van der Waals surface area contributed by atoms with Crippen LogP contribution in [0, 0.1) is 0 Å². The average Bonchev–Trinajstić information content (AvgIpc) is 2.61. The van der Waals surface area contributed by atoms with Crippen molar-refractivity contribution in [3.05, 3.63) is 34.4 Å². The highest BCUT2D eigenvalue weighted by Gasteiger charge is 2.36. The van der Waals surface area contributed by atoms with Crippen LogP contribution in [0.15, 0.2) is 12.1 Å². The molecule has 0 aliphatic heterocycles. The van der Waals surface area contributed by atoms with E-state index in [1.54, 1.807) is 6.07 Å². The fourth-order valence-corrected chi connectivity index (χ4v) is 2.88. The Labute approximate surface area is 165 Å². The minimum absolute atomic E-state index is 0.0235. The lowest BCUT2D eigenvalue weighted by atomic mass is 9.81. The molecule has 0 unspecified atom stereocenters. The Morgan fingerprint density at radius 3 is 2.21 bits per heavy atom. The van der Waals surface area contributed by atoms with Gasteiger partial charge in [0.15, 0.2) is 13.2 Å². The van der Waals surface area contributed by atoms with Crippen LogP contribution in [0.4, 0.5) is 8.78 Å². The van der Waals surface area contributed by atoms with Gasteiger partial charge in [0.1, 0.15) is 5.75 Å². The summed E-state index contributed by atoms with van der Waals surface area (Å²) in [6.45, 7) is -2.62. The van der Waals surface area contributed by atoms with Crippen LogP contribution < -0.4 is 0 Å². The lowest BCUT2D eigenvalue weighted by Crippen LogP contribution is -2.34. The van der Waals surface area contributed by atoms with Crippen LogP contribution in [-0.2, 0) is 43.3 Å². The largest absolute Gasteiger partial charge is 0.457 e. The van der Waals surface area contributed by atoms with Crippen LogP contribution in [0.5, 0.6) is 0 Å². The van der Waals surface area contributed by atoms with Gasteiger partial charge in [0.2, 0.25) is 0 Å². The van der Waals surface area contributed by atoms with Crippen molar-refractivity contribution in [3.8, 4) is 0 Å². The van der Waals surface area contributed by atoms with Crippen molar-refractivity contribution in [1.82, 2.24) is 0 Å². The van der Waals surface area contributed by atoms with Crippen LogP contribution in [0.1, 0.15) is 27.0 Å². The van der Waals surface area contributed by atoms with Crippen molar-refractivity contribution in [2.45, 2.75) is 24.9 Å². The second kappa shape index (κ2) is 10.1. The Bertz CT molecular complexity index is 831. The molecular formula is C15H15B3F2O7S. The van der Waals surface area contributed by atoms with E-state index in [1.165, 1.54) is 6.07 Å². The molecule has 13 heteroatoms. The van der Waals surface area contributed by atoms with E-state index >= 15 is 0 Å². The van der Waals surface area contributed by atoms with E-state index in [1.807, 2.05) is 0 Å². The minimum Gasteiger partial charge on any atom is -0.457 e. The van der Waals surface area contributed by atoms with E-state index < -0.39 is 46.9 Å². The molecule has 0 saturated heterocycles. The third-order valence-electron chi connectivity index (χ3n) is 3.44. The molecule has 0 aromatic heterocycles. The first-order valence-corrected chi connectivity index (χ1v) is 9.44. The van der Waals surface area contributed by atoms with E-state index in [4.69, 9.17) is 32.8 Å². The minimum atomic E-state index is -4.97. The van der Waals surface area contributed by atoms with Gasteiger partial charge in [0.25, 0.3) is 16.0 Å². The third kappa shape index (κ3) is 7.63. The van der Waals surface area contributed by atoms with Gasteiger partial charge in [-0.15, -0.1) is 0 Å². The quantitative estimate of drug-likeness (QED) is 0.327. The van der Waals surface area contributed by atoms with Gasteiger partial charge in [-0.3, -0.25) is 4.55 Å². The van der Waals surface area contributed by atoms with Crippen molar-refractivity contribution in [2.24, 2.45) is 0 Å². The summed E-state index contributed by atoms with van der Waals surface area (Å²) in [6, 6.07) is 3.08. The topological polar surface area (TPSA) is 107 Å². The molecule has 0 bridgehead atoms. The molecule has 28 heavy (non-hydrogen) atoms. The highest BCUT2D eigenvalue weighted by molar-refractivity contribution is 7.85. The van der Waals surface area contributed by atoms with Gasteiger partial charge in [-0.25, -0.2) is 18.4 Å². The molecular weight excluding hydrogens is 395 g/mol. The molecule has 6 radical (unpaired) electrons. The van der Waals surface area contributed by atoms with Crippen LogP contribution in [0.2, 0.25) is 0 Å². The van der Waals surface area contributed by atoms with Gasteiger partial charge in [0, 0.05) is 0 Å². The molecule has 146 valence electrons. The van der Waals surface area contributed by atoms with Gasteiger partial charge in [0.05, 0.1) is 29.1 Å². The number of hydrogen-bond acceptors (Lipinski definition) is 6. The number of halogens is 2. The second-order valence-corrected chi connectivity index (χ2v) is 7.16. The summed E-state index contributed by atoms with van der Waals surface area (Å²) in [7, 11) is 11.8. The number of carbonyl (C=O) groups is 2. The number of esters is 2. The second-order valence-electron chi connectivity index (χ2n) is 5.71. The highest BCUT2D eigenvalue weighted by atomic mass is 32.2. The van der Waals surface area contributed by atoms with Crippen molar-refractivity contribution in [3.63, 3.8) is 0 Å². The predicted molar refractivity (Wildman–Crippen MR) is 97.4 cm³/mol. The normalized spacial score (nSPS) is 11.8. The molecule has 1 aromatic carbocycles. The molecule has 0 saturated carbocycles. The number of carbonyl (C=O) groups excluding carboxylic acids is 2. The maximum atomic E-state index is 13.2. The molecule has 0 atom stereocenters. The van der Waals surface area contributed by atoms with Gasteiger partial charge in [-0.1, -0.05) is 36.2 Å². The molecule has 1 aromatic rings. The zero-order chi connectivity index (χ0) is 21.5. The Kier molecular flexibility index (Phi) is 8.68. The summed E-state index contributed by atoms with van der Waals surface area (Å²) >= 11 is 0. The first-order valence-electron chi connectivity index (χ1n) is 7.83. The molecule has 1 rings (SSSR count). The third-order valence-corrected chi connectivity index (χ3v) is 4.23. The van der Waals surface area contributed by atoms with Crippen LogP contribution in [0.25, 0.3) is 0 Å². The Balaban J connectivity index is 2.75. The van der Waals surface area contributed by atoms with E-state index in [0.29, 0.717) is 16.7 Å². The number of ether oxygens (including phenoxy) is 2. The standard InChI is InChI=1S/C15H15B3F2O7S/c16-3-9-1-10(4-17)12(5-18)11(2-9)14(22)26-6-13(21)27-7-15(19,20)8-28(23,24)25/h1-2H,3-8H2,(H,23,24,25). The average molecular weight is 410 g/mol. The summed E-state index contributed by atoms with van der Waals surface area (Å²) in [5, 5.41) is 0. The van der Waals surface area contributed by atoms with Crippen LogP contribution in [-0.4, -0.2) is 73.3 Å². The first-order chi connectivity index (χ1) is 12.9. The highest BCUT2D eigenvalue weighted by Crippen LogP contribution is 2.20. The summed E-state index contributed by atoms with van der Waals surface area (Å²) in [5.41, 5.74) is 1.54. The lowest BCUT2D eigenvalue weighted by molar-refractivity contribution is -0.156. The van der Waals surface area contributed by atoms with Crippen molar-refractivity contribution in [1.29, 1.82) is 0 Å². The van der Waals surface area contributed by atoms with Gasteiger partial charge in [-0.05, 0) is 11.6 Å². The Hall–Kier alpha value is -1.88. The van der Waals surface area contributed by atoms with Crippen molar-refractivity contribution >= 4 is 45.6 Å². The lowest BCUT2D eigenvalue weighted by Gasteiger charge is -2.16. The van der Waals surface area contributed by atoms with Gasteiger partial charge >= 0.3 is 11.9 Å². The summed E-state index contributed by atoms with van der Waals surface area (Å²) < 4.78 is 64.8. The van der Waals surface area contributed by atoms with Crippen LogP contribution >= 0.6 is 0 Å². The molecule has 0 spiro atoms.